The number of para-hydroxylation sites is 2. The molecule has 0 saturated carbocycles. The number of rotatable bonds is 2. The molecular weight excluding hydrogens is 429 g/mol. The van der Waals surface area contributed by atoms with Crippen LogP contribution in [0.2, 0.25) is 0 Å². The molecule has 1 N–H and O–H groups in total. The minimum atomic E-state index is 0. The fourth-order valence-corrected chi connectivity index (χ4v) is 3.93. The molecule has 7 heteroatoms. The van der Waals surface area contributed by atoms with E-state index in [2.05, 4.69) is 39.0 Å². The van der Waals surface area contributed by atoms with E-state index in [1.165, 1.54) is 12.8 Å². The molecule has 2 aliphatic rings. The molecule has 0 radical (unpaired) electrons. The van der Waals surface area contributed by atoms with Gasteiger partial charge >= 0.3 is 0 Å². The van der Waals surface area contributed by atoms with E-state index in [1.54, 1.807) is 0 Å². The van der Waals surface area contributed by atoms with Crippen molar-refractivity contribution in [1.29, 1.82) is 0 Å². The first kappa shape index (κ1) is 18.4. The topological polar surface area (TPSA) is 54.7 Å². The number of nitrogens with one attached hydrogen (secondary N) is 1. The number of likely N-dealkylation sites (tertiary alicyclic amines) is 1. The number of aromatic nitrogens is 2. The Bertz CT molecular complexity index is 766. The van der Waals surface area contributed by atoms with Gasteiger partial charge in [0.1, 0.15) is 5.82 Å². The van der Waals surface area contributed by atoms with E-state index in [0.717, 1.165) is 49.1 Å². The van der Waals surface area contributed by atoms with Crippen LogP contribution in [0, 0.1) is 5.41 Å². The summed E-state index contributed by atoms with van der Waals surface area (Å²) in [6, 6.07) is 8.23. The number of ether oxygens (including phenoxy) is 1. The predicted octanol–water partition coefficient (Wildman–Crippen LogP) is 2.38. The largest absolute Gasteiger partial charge is 0.381 e. The summed E-state index contributed by atoms with van der Waals surface area (Å²) < 4.78 is 7.77. The summed E-state index contributed by atoms with van der Waals surface area (Å²) in [4.78, 5) is 11.6. The van der Waals surface area contributed by atoms with E-state index in [4.69, 9.17) is 9.72 Å². The number of fused-ring (bicyclic) bond motifs is 1. The molecule has 136 valence electrons. The fraction of sp³-hybridized carbons (Fsp3) is 0.556. The summed E-state index contributed by atoms with van der Waals surface area (Å²) in [5.74, 6) is 1.99. The quantitative estimate of drug-likeness (QED) is 0.430. The maximum absolute atomic E-state index is 5.62. The van der Waals surface area contributed by atoms with Crippen LogP contribution < -0.4 is 5.32 Å². The smallest absolute Gasteiger partial charge is 0.194 e. The number of hydrogen-bond donors (Lipinski definition) is 1. The van der Waals surface area contributed by atoms with Gasteiger partial charge in [-0.2, -0.15) is 0 Å². The first-order valence-corrected chi connectivity index (χ1v) is 8.64. The average molecular weight is 455 g/mol. The molecule has 0 amide bonds. The number of imidazole rings is 1. The summed E-state index contributed by atoms with van der Waals surface area (Å²) in [6.07, 6.45) is 2.37. The minimum absolute atomic E-state index is 0. The number of nitrogens with zero attached hydrogens (tertiary/aromatic N) is 4. The lowest BCUT2D eigenvalue weighted by Crippen LogP contribution is -2.41. The van der Waals surface area contributed by atoms with Gasteiger partial charge in [-0.25, -0.2) is 4.98 Å². The van der Waals surface area contributed by atoms with Gasteiger partial charge in [-0.15, -0.1) is 24.0 Å². The third-order valence-corrected chi connectivity index (χ3v) is 5.42. The van der Waals surface area contributed by atoms with Crippen molar-refractivity contribution in [2.75, 3.05) is 33.4 Å². The van der Waals surface area contributed by atoms with Crippen LogP contribution in [0.15, 0.2) is 29.3 Å². The molecule has 2 saturated heterocycles. The monoisotopic (exact) mass is 455 g/mol. The van der Waals surface area contributed by atoms with Gasteiger partial charge in [-0.05, 0) is 25.0 Å². The molecule has 2 aliphatic heterocycles. The maximum Gasteiger partial charge on any atom is 0.194 e. The summed E-state index contributed by atoms with van der Waals surface area (Å²) in [5, 5.41) is 3.49. The molecule has 6 nitrogen and oxygen atoms in total. The Labute approximate surface area is 165 Å². The highest BCUT2D eigenvalue weighted by Gasteiger charge is 2.42. The standard InChI is InChI=1S/C18H25N5O.HI/c1-19-17(23-9-7-18(12-23)8-10-24-13-18)20-11-16-21-14-5-3-4-6-15(14)22(16)2;/h3-6H,7-13H2,1-2H3,(H,19,20);1H. The first-order chi connectivity index (χ1) is 11.7. The summed E-state index contributed by atoms with van der Waals surface area (Å²) in [6.45, 7) is 4.56. The van der Waals surface area contributed by atoms with E-state index >= 15 is 0 Å². The van der Waals surface area contributed by atoms with E-state index in [9.17, 15) is 0 Å². The van der Waals surface area contributed by atoms with E-state index < -0.39 is 0 Å². The SMILES string of the molecule is CN=C(NCc1nc2ccccc2n1C)N1CCC2(CCOC2)C1.I. The summed E-state index contributed by atoms with van der Waals surface area (Å²) >= 11 is 0. The minimum Gasteiger partial charge on any atom is -0.381 e. The summed E-state index contributed by atoms with van der Waals surface area (Å²) in [5.41, 5.74) is 2.54. The molecule has 25 heavy (non-hydrogen) atoms. The van der Waals surface area contributed by atoms with Crippen molar-refractivity contribution in [3.05, 3.63) is 30.1 Å². The van der Waals surface area contributed by atoms with Crippen molar-refractivity contribution in [3.63, 3.8) is 0 Å². The number of aryl methyl sites for hydroxylation is 1. The van der Waals surface area contributed by atoms with Gasteiger partial charge in [0.15, 0.2) is 5.96 Å². The van der Waals surface area contributed by atoms with Crippen LogP contribution in [0.4, 0.5) is 0 Å². The zero-order valence-corrected chi connectivity index (χ0v) is 17.2. The molecule has 2 aromatic rings. The van der Waals surface area contributed by atoms with Crippen LogP contribution in [0.25, 0.3) is 11.0 Å². The second kappa shape index (κ2) is 7.49. The highest BCUT2D eigenvalue weighted by Crippen LogP contribution is 2.38. The van der Waals surface area contributed by atoms with Crippen LogP contribution in [0.3, 0.4) is 0 Å². The molecule has 1 spiro atoms. The van der Waals surface area contributed by atoms with Crippen LogP contribution in [-0.2, 0) is 18.3 Å². The molecule has 0 bridgehead atoms. The number of halogens is 1. The number of benzene rings is 1. The van der Waals surface area contributed by atoms with Crippen LogP contribution in [0.5, 0.6) is 0 Å². The molecule has 1 aromatic carbocycles. The Morgan fingerprint density at radius 1 is 1.36 bits per heavy atom. The summed E-state index contributed by atoms with van der Waals surface area (Å²) in [7, 11) is 3.92. The number of hydrogen-bond acceptors (Lipinski definition) is 3. The third kappa shape index (κ3) is 3.48. The Balaban J connectivity index is 0.00000182. The lowest BCUT2D eigenvalue weighted by Gasteiger charge is -2.24. The van der Waals surface area contributed by atoms with Crippen LogP contribution >= 0.6 is 24.0 Å². The highest BCUT2D eigenvalue weighted by molar-refractivity contribution is 14.0. The number of guanidine groups is 1. The zero-order valence-electron chi connectivity index (χ0n) is 14.9. The van der Waals surface area contributed by atoms with Gasteiger partial charge in [-0.1, -0.05) is 12.1 Å². The third-order valence-electron chi connectivity index (χ3n) is 5.42. The second-order valence-corrected chi connectivity index (χ2v) is 6.95. The van der Waals surface area contributed by atoms with Gasteiger partial charge in [0.25, 0.3) is 0 Å². The van der Waals surface area contributed by atoms with E-state index in [-0.39, 0.29) is 24.0 Å². The van der Waals surface area contributed by atoms with Gasteiger partial charge < -0.3 is 19.5 Å². The Morgan fingerprint density at radius 3 is 2.92 bits per heavy atom. The number of aliphatic imine (C=N–C) groups is 1. The Hall–Kier alpha value is -1.35. The van der Waals surface area contributed by atoms with Crippen LogP contribution in [-0.4, -0.2) is 53.8 Å². The molecule has 2 fully saturated rings. The average Bonchev–Trinajstić information content (AvgIpc) is 3.31. The van der Waals surface area contributed by atoms with Crippen molar-refractivity contribution in [2.45, 2.75) is 19.4 Å². The van der Waals surface area contributed by atoms with Gasteiger partial charge in [0.05, 0.1) is 24.2 Å². The molecule has 1 atom stereocenters. The van der Waals surface area contributed by atoms with E-state index in [0.29, 0.717) is 12.0 Å². The van der Waals surface area contributed by atoms with Crippen molar-refractivity contribution < 1.29 is 4.74 Å². The first-order valence-electron chi connectivity index (χ1n) is 8.64. The van der Waals surface area contributed by atoms with Crippen LogP contribution in [0.1, 0.15) is 18.7 Å². The predicted molar refractivity (Wildman–Crippen MR) is 110 cm³/mol. The normalized spacial score (nSPS) is 23.4. The lowest BCUT2D eigenvalue weighted by molar-refractivity contribution is 0.156. The Morgan fingerprint density at radius 2 is 2.20 bits per heavy atom. The van der Waals surface area contributed by atoms with E-state index in [1.807, 2.05) is 19.2 Å². The fourth-order valence-electron chi connectivity index (χ4n) is 3.93. The lowest BCUT2D eigenvalue weighted by atomic mass is 9.87. The van der Waals surface area contributed by atoms with Crippen molar-refractivity contribution >= 4 is 41.0 Å². The molecule has 4 rings (SSSR count). The Kier molecular flexibility index (Phi) is 5.52. The molecular formula is C18H26IN5O. The molecule has 3 heterocycles. The van der Waals surface area contributed by atoms with Crippen molar-refractivity contribution in [2.24, 2.45) is 17.5 Å². The van der Waals surface area contributed by atoms with Gasteiger partial charge in [0.2, 0.25) is 0 Å². The van der Waals surface area contributed by atoms with Crippen molar-refractivity contribution in [1.82, 2.24) is 19.8 Å². The molecule has 0 aliphatic carbocycles. The maximum atomic E-state index is 5.62. The highest BCUT2D eigenvalue weighted by atomic mass is 127. The van der Waals surface area contributed by atoms with Gasteiger partial charge in [-0.3, -0.25) is 4.99 Å². The van der Waals surface area contributed by atoms with Gasteiger partial charge in [0, 0.05) is 39.2 Å². The molecule has 1 unspecified atom stereocenters. The second-order valence-electron chi connectivity index (χ2n) is 6.95. The molecule has 1 aromatic heterocycles. The van der Waals surface area contributed by atoms with Crippen molar-refractivity contribution in [3.8, 4) is 0 Å². The zero-order chi connectivity index (χ0) is 16.6.